The number of aliphatic hydroxyl groups excluding tert-OH is 1. The van der Waals surface area contributed by atoms with Crippen molar-refractivity contribution in [3.63, 3.8) is 0 Å². The van der Waals surface area contributed by atoms with E-state index in [9.17, 15) is 13.2 Å². The van der Waals surface area contributed by atoms with Gasteiger partial charge in [-0.15, -0.1) is 0 Å². The maximum atomic E-state index is 12.4. The van der Waals surface area contributed by atoms with Crippen LogP contribution in [-0.4, -0.2) is 32.5 Å². The molecule has 0 bridgehead atoms. The van der Waals surface area contributed by atoms with Crippen LogP contribution in [0.1, 0.15) is 30.3 Å². The molecule has 5 nitrogen and oxygen atoms in total. The highest BCUT2D eigenvalue weighted by molar-refractivity contribution is 5.09. The number of aromatic nitrogens is 3. The first-order valence-electron chi connectivity index (χ1n) is 5.85. The number of hydrogen-bond donors (Lipinski definition) is 1. The number of halogens is 3. The number of rotatable bonds is 4. The molecule has 2 rings (SSSR count). The summed E-state index contributed by atoms with van der Waals surface area (Å²) in [5, 5.41) is 12.7. The van der Waals surface area contributed by atoms with Crippen LogP contribution in [0.25, 0.3) is 0 Å². The van der Waals surface area contributed by atoms with Gasteiger partial charge in [-0.25, -0.2) is 0 Å². The lowest BCUT2D eigenvalue weighted by Crippen LogP contribution is -2.33. The third kappa shape index (κ3) is 3.32. The largest absolute Gasteiger partial charge is 0.415 e. The van der Waals surface area contributed by atoms with E-state index in [0.29, 0.717) is 5.69 Å². The highest BCUT2D eigenvalue weighted by atomic mass is 19.4. The standard InChI is InChI=1S/C12H12F3N3O2/c1-7(10(19)12(13,14)15)11-17-9(18-20-11)6-8-4-2-3-5-16-8/h2-5,7,10,19H,6H2,1H3. The van der Waals surface area contributed by atoms with E-state index in [1.807, 2.05) is 0 Å². The van der Waals surface area contributed by atoms with E-state index < -0.39 is 18.2 Å². The molecule has 0 amide bonds. The van der Waals surface area contributed by atoms with Crippen LogP contribution in [0.4, 0.5) is 13.2 Å². The van der Waals surface area contributed by atoms with Gasteiger partial charge < -0.3 is 9.63 Å². The van der Waals surface area contributed by atoms with Gasteiger partial charge in [-0.05, 0) is 12.1 Å². The van der Waals surface area contributed by atoms with Crippen molar-refractivity contribution < 1.29 is 22.8 Å². The third-order valence-electron chi connectivity index (χ3n) is 2.75. The number of aliphatic hydroxyl groups is 1. The first-order chi connectivity index (χ1) is 9.38. The Balaban J connectivity index is 2.09. The zero-order valence-electron chi connectivity index (χ0n) is 10.5. The Kier molecular flexibility index (Phi) is 4.03. The molecule has 2 aromatic rings. The van der Waals surface area contributed by atoms with E-state index in [4.69, 9.17) is 9.63 Å². The Hall–Kier alpha value is -1.96. The molecule has 8 heteroatoms. The van der Waals surface area contributed by atoms with Crippen molar-refractivity contribution in [3.8, 4) is 0 Å². The van der Waals surface area contributed by atoms with Gasteiger partial charge in [0.1, 0.15) is 0 Å². The summed E-state index contributed by atoms with van der Waals surface area (Å²) < 4.78 is 41.9. The van der Waals surface area contributed by atoms with Crippen molar-refractivity contribution in [2.75, 3.05) is 0 Å². The van der Waals surface area contributed by atoms with E-state index >= 15 is 0 Å². The summed E-state index contributed by atoms with van der Waals surface area (Å²) >= 11 is 0. The molecule has 0 aliphatic heterocycles. The molecule has 2 unspecified atom stereocenters. The lowest BCUT2D eigenvalue weighted by Gasteiger charge is -2.17. The van der Waals surface area contributed by atoms with Crippen LogP contribution >= 0.6 is 0 Å². The van der Waals surface area contributed by atoms with Crippen LogP contribution in [0.2, 0.25) is 0 Å². The third-order valence-corrected chi connectivity index (χ3v) is 2.75. The molecule has 108 valence electrons. The highest BCUT2D eigenvalue weighted by Gasteiger charge is 2.44. The summed E-state index contributed by atoms with van der Waals surface area (Å²) in [6.45, 7) is 1.18. The predicted octanol–water partition coefficient (Wildman–Crippen LogP) is 2.08. The van der Waals surface area contributed by atoms with Gasteiger partial charge in [0.2, 0.25) is 5.89 Å². The summed E-state index contributed by atoms with van der Waals surface area (Å²) in [4.78, 5) is 7.91. The summed E-state index contributed by atoms with van der Waals surface area (Å²) in [6.07, 6.45) is -5.42. The van der Waals surface area contributed by atoms with Gasteiger partial charge in [-0.2, -0.15) is 18.2 Å². The van der Waals surface area contributed by atoms with Crippen molar-refractivity contribution in [1.29, 1.82) is 0 Å². The zero-order chi connectivity index (χ0) is 14.8. The Morgan fingerprint density at radius 3 is 2.70 bits per heavy atom. The normalized spacial score (nSPS) is 15.1. The molecule has 0 spiro atoms. The van der Waals surface area contributed by atoms with Gasteiger partial charge >= 0.3 is 6.18 Å². The number of nitrogens with zero attached hydrogens (tertiary/aromatic N) is 3. The summed E-state index contributed by atoms with van der Waals surface area (Å²) in [5.74, 6) is -1.35. The van der Waals surface area contributed by atoms with Gasteiger partial charge in [-0.1, -0.05) is 18.1 Å². The minimum absolute atomic E-state index is 0.222. The number of pyridine rings is 1. The summed E-state index contributed by atoms with van der Waals surface area (Å²) in [5.41, 5.74) is 0.670. The SMILES string of the molecule is CC(c1nc(Cc2ccccn2)no1)C(O)C(F)(F)F. The molecule has 0 radical (unpaired) electrons. The monoisotopic (exact) mass is 287 g/mol. The fourth-order valence-electron chi connectivity index (χ4n) is 1.61. The van der Waals surface area contributed by atoms with Gasteiger partial charge in [0.15, 0.2) is 11.9 Å². The van der Waals surface area contributed by atoms with E-state index in [0.717, 1.165) is 0 Å². The van der Waals surface area contributed by atoms with Crippen LogP contribution in [0.5, 0.6) is 0 Å². The molecule has 2 heterocycles. The minimum Gasteiger partial charge on any atom is -0.383 e. The molecule has 0 saturated heterocycles. The van der Waals surface area contributed by atoms with E-state index in [2.05, 4.69) is 15.1 Å². The molecule has 1 N–H and O–H groups in total. The number of alkyl halides is 3. The second-order valence-electron chi connectivity index (χ2n) is 4.32. The van der Waals surface area contributed by atoms with E-state index in [1.54, 1.807) is 24.4 Å². The molecular formula is C12H12F3N3O2. The number of hydrogen-bond acceptors (Lipinski definition) is 5. The average Bonchev–Trinajstić information content (AvgIpc) is 2.85. The van der Waals surface area contributed by atoms with E-state index in [-0.39, 0.29) is 18.1 Å². The van der Waals surface area contributed by atoms with Crippen LogP contribution in [-0.2, 0) is 6.42 Å². The fraction of sp³-hybridized carbons (Fsp3) is 0.417. The lowest BCUT2D eigenvalue weighted by molar-refractivity contribution is -0.210. The van der Waals surface area contributed by atoms with Crippen molar-refractivity contribution >= 4 is 0 Å². The quantitative estimate of drug-likeness (QED) is 0.932. The van der Waals surface area contributed by atoms with E-state index in [1.165, 1.54) is 6.92 Å². The minimum atomic E-state index is -4.73. The van der Waals surface area contributed by atoms with Gasteiger partial charge in [0.05, 0.1) is 12.3 Å². The van der Waals surface area contributed by atoms with Crippen molar-refractivity contribution in [2.24, 2.45) is 0 Å². The Morgan fingerprint density at radius 2 is 2.10 bits per heavy atom. The fourth-order valence-corrected chi connectivity index (χ4v) is 1.61. The molecule has 0 aliphatic carbocycles. The molecule has 0 aliphatic rings. The first kappa shape index (κ1) is 14.4. The van der Waals surface area contributed by atoms with Crippen LogP contribution in [0.3, 0.4) is 0 Å². The van der Waals surface area contributed by atoms with Crippen molar-refractivity contribution in [1.82, 2.24) is 15.1 Å². The molecule has 0 saturated carbocycles. The second-order valence-corrected chi connectivity index (χ2v) is 4.32. The topological polar surface area (TPSA) is 72.0 Å². The Bertz CT molecular complexity index is 557. The van der Waals surface area contributed by atoms with Gasteiger partial charge in [0.25, 0.3) is 0 Å². The first-order valence-corrected chi connectivity index (χ1v) is 5.85. The Morgan fingerprint density at radius 1 is 1.35 bits per heavy atom. The smallest absolute Gasteiger partial charge is 0.383 e. The van der Waals surface area contributed by atoms with Crippen molar-refractivity contribution in [2.45, 2.75) is 31.5 Å². The molecule has 20 heavy (non-hydrogen) atoms. The molecule has 0 fully saturated rings. The van der Waals surface area contributed by atoms with Gasteiger partial charge in [0, 0.05) is 11.9 Å². The van der Waals surface area contributed by atoms with Crippen LogP contribution in [0.15, 0.2) is 28.9 Å². The average molecular weight is 287 g/mol. The maximum absolute atomic E-state index is 12.4. The molecular weight excluding hydrogens is 275 g/mol. The van der Waals surface area contributed by atoms with Crippen LogP contribution in [0, 0.1) is 0 Å². The van der Waals surface area contributed by atoms with Crippen molar-refractivity contribution in [3.05, 3.63) is 41.8 Å². The molecule has 2 atom stereocenters. The van der Waals surface area contributed by atoms with Gasteiger partial charge in [-0.3, -0.25) is 4.98 Å². The van der Waals surface area contributed by atoms with Crippen LogP contribution < -0.4 is 0 Å². The highest BCUT2D eigenvalue weighted by Crippen LogP contribution is 2.30. The lowest BCUT2D eigenvalue weighted by atomic mass is 10.0. The summed E-state index contributed by atoms with van der Waals surface area (Å²) in [6, 6.07) is 5.26. The molecule has 0 aromatic carbocycles. The second kappa shape index (κ2) is 5.58. The predicted molar refractivity (Wildman–Crippen MR) is 61.8 cm³/mol. The molecule has 2 aromatic heterocycles. The zero-order valence-corrected chi connectivity index (χ0v) is 10.5. The summed E-state index contributed by atoms with van der Waals surface area (Å²) in [7, 11) is 0. The maximum Gasteiger partial charge on any atom is 0.415 e. The Labute approximate surface area is 112 Å².